The van der Waals surface area contributed by atoms with Crippen molar-refractivity contribution in [3.05, 3.63) is 44.3 Å². The zero-order chi connectivity index (χ0) is 16.8. The number of phenols is 1. The Balaban J connectivity index is 2.17. The van der Waals surface area contributed by atoms with Gasteiger partial charge in [0.1, 0.15) is 0 Å². The van der Waals surface area contributed by atoms with E-state index >= 15 is 0 Å². The SMILES string of the molecule is CCOc1cc(/C=N\Nc2nc(CC)cc(=O)[nH]2)cc(Br)c1O. The first-order valence-electron chi connectivity index (χ1n) is 7.08. The normalized spacial score (nSPS) is 10.9. The molecule has 0 atom stereocenters. The van der Waals surface area contributed by atoms with Gasteiger partial charge in [0.05, 0.1) is 17.3 Å². The summed E-state index contributed by atoms with van der Waals surface area (Å²) in [6, 6.07) is 4.80. The molecule has 0 aliphatic rings. The van der Waals surface area contributed by atoms with Gasteiger partial charge in [0.2, 0.25) is 5.95 Å². The summed E-state index contributed by atoms with van der Waals surface area (Å²) in [6.07, 6.45) is 2.19. The molecule has 0 radical (unpaired) electrons. The molecule has 1 heterocycles. The minimum Gasteiger partial charge on any atom is -0.503 e. The Kier molecular flexibility index (Phi) is 5.75. The van der Waals surface area contributed by atoms with Crippen LogP contribution < -0.4 is 15.7 Å². The number of rotatable bonds is 6. The molecule has 0 bridgehead atoms. The first-order chi connectivity index (χ1) is 11.0. The average molecular weight is 381 g/mol. The van der Waals surface area contributed by atoms with Crippen molar-refractivity contribution in [2.45, 2.75) is 20.3 Å². The Morgan fingerprint density at radius 3 is 2.91 bits per heavy atom. The van der Waals surface area contributed by atoms with Gasteiger partial charge in [-0.05, 0) is 47.0 Å². The lowest BCUT2D eigenvalue weighted by molar-refractivity contribution is 0.317. The van der Waals surface area contributed by atoms with E-state index < -0.39 is 0 Å². The number of aromatic hydroxyl groups is 1. The zero-order valence-corrected chi connectivity index (χ0v) is 14.3. The van der Waals surface area contributed by atoms with Crippen LogP contribution in [0.15, 0.2) is 32.6 Å². The highest BCUT2D eigenvalue weighted by molar-refractivity contribution is 9.10. The van der Waals surface area contributed by atoms with Crippen LogP contribution >= 0.6 is 15.9 Å². The second kappa shape index (κ2) is 7.77. The minimum atomic E-state index is -0.236. The maximum atomic E-state index is 11.5. The lowest BCUT2D eigenvalue weighted by Crippen LogP contribution is -2.11. The Morgan fingerprint density at radius 2 is 2.22 bits per heavy atom. The summed E-state index contributed by atoms with van der Waals surface area (Å²) in [7, 11) is 0. The summed E-state index contributed by atoms with van der Waals surface area (Å²) in [5.74, 6) is 0.676. The van der Waals surface area contributed by atoms with Crippen molar-refractivity contribution in [2.75, 3.05) is 12.0 Å². The second-order valence-electron chi connectivity index (χ2n) is 4.59. The molecular weight excluding hydrogens is 364 g/mol. The van der Waals surface area contributed by atoms with Gasteiger partial charge in [-0.25, -0.2) is 10.4 Å². The second-order valence-corrected chi connectivity index (χ2v) is 5.45. The molecule has 0 saturated heterocycles. The first-order valence-corrected chi connectivity index (χ1v) is 7.87. The highest BCUT2D eigenvalue weighted by Crippen LogP contribution is 2.35. The molecule has 0 saturated carbocycles. The maximum Gasteiger partial charge on any atom is 0.252 e. The topological polar surface area (TPSA) is 99.6 Å². The number of ether oxygens (including phenoxy) is 1. The number of hydrogen-bond acceptors (Lipinski definition) is 6. The molecule has 7 nitrogen and oxygen atoms in total. The van der Waals surface area contributed by atoms with E-state index in [1.165, 1.54) is 12.3 Å². The molecule has 8 heteroatoms. The molecule has 0 aliphatic heterocycles. The molecular formula is C15H17BrN4O3. The van der Waals surface area contributed by atoms with Crippen LogP contribution in [0.3, 0.4) is 0 Å². The number of hydrogen-bond donors (Lipinski definition) is 3. The molecule has 2 aromatic rings. The van der Waals surface area contributed by atoms with Gasteiger partial charge in [-0.3, -0.25) is 9.78 Å². The number of aromatic amines is 1. The van der Waals surface area contributed by atoms with E-state index in [1.807, 2.05) is 13.8 Å². The summed E-state index contributed by atoms with van der Waals surface area (Å²) >= 11 is 3.26. The zero-order valence-electron chi connectivity index (χ0n) is 12.8. The number of phenolic OH excluding ortho intramolecular Hbond substituents is 1. The van der Waals surface area contributed by atoms with E-state index in [2.05, 4.69) is 36.4 Å². The maximum absolute atomic E-state index is 11.5. The number of halogens is 1. The minimum absolute atomic E-state index is 0.0404. The molecule has 122 valence electrons. The van der Waals surface area contributed by atoms with Gasteiger partial charge in [-0.1, -0.05) is 6.92 Å². The largest absolute Gasteiger partial charge is 0.503 e. The molecule has 1 aromatic carbocycles. The molecule has 0 fully saturated rings. The highest BCUT2D eigenvalue weighted by atomic mass is 79.9. The van der Waals surface area contributed by atoms with Crippen LogP contribution in [0.1, 0.15) is 25.1 Å². The quantitative estimate of drug-likeness (QED) is 0.528. The summed E-state index contributed by atoms with van der Waals surface area (Å²) in [5, 5.41) is 13.9. The molecule has 0 amide bonds. The predicted octanol–water partition coefficient (Wildman–Crippen LogP) is 2.65. The Morgan fingerprint density at radius 1 is 1.43 bits per heavy atom. The van der Waals surface area contributed by atoms with E-state index in [0.717, 1.165) is 0 Å². The molecule has 0 unspecified atom stereocenters. The average Bonchev–Trinajstić information content (AvgIpc) is 2.51. The fourth-order valence-electron chi connectivity index (χ4n) is 1.84. The van der Waals surface area contributed by atoms with Crippen LogP contribution in [0.2, 0.25) is 0 Å². The highest BCUT2D eigenvalue weighted by Gasteiger charge is 2.08. The van der Waals surface area contributed by atoms with Gasteiger partial charge in [0.15, 0.2) is 11.5 Å². The standard InChI is InChI=1S/C15H17BrN4O3/c1-3-10-7-13(21)19-15(18-10)20-17-8-9-5-11(16)14(22)12(6-9)23-4-2/h5-8,22H,3-4H2,1-2H3,(H2,18,19,20,21)/b17-8-. The van der Waals surface area contributed by atoms with Gasteiger partial charge in [-0.15, -0.1) is 0 Å². The van der Waals surface area contributed by atoms with Gasteiger partial charge in [0.25, 0.3) is 5.56 Å². The monoisotopic (exact) mass is 380 g/mol. The number of nitrogens with one attached hydrogen (secondary N) is 2. The lowest BCUT2D eigenvalue weighted by Gasteiger charge is -2.08. The number of aryl methyl sites for hydroxylation is 1. The van der Waals surface area contributed by atoms with Gasteiger partial charge in [-0.2, -0.15) is 5.10 Å². The summed E-state index contributed by atoms with van der Waals surface area (Å²) in [6.45, 7) is 4.18. The first kappa shape index (κ1) is 17.0. The van der Waals surface area contributed by atoms with Crippen LogP contribution in [0.25, 0.3) is 0 Å². The van der Waals surface area contributed by atoms with Crippen LogP contribution in [0.5, 0.6) is 11.5 Å². The number of hydrazone groups is 1. The van der Waals surface area contributed by atoms with Crippen LogP contribution in [0.4, 0.5) is 5.95 Å². The lowest BCUT2D eigenvalue weighted by atomic mass is 10.2. The molecule has 0 aliphatic carbocycles. The molecule has 1 aromatic heterocycles. The molecule has 2 rings (SSSR count). The fraction of sp³-hybridized carbons (Fsp3) is 0.267. The summed E-state index contributed by atoms with van der Waals surface area (Å²) in [4.78, 5) is 18.2. The van der Waals surface area contributed by atoms with Crippen molar-refractivity contribution < 1.29 is 9.84 Å². The van der Waals surface area contributed by atoms with Crippen molar-refractivity contribution in [1.82, 2.24) is 9.97 Å². The van der Waals surface area contributed by atoms with Crippen LogP contribution in [-0.2, 0) is 6.42 Å². The number of anilines is 1. The molecule has 23 heavy (non-hydrogen) atoms. The van der Waals surface area contributed by atoms with E-state index in [4.69, 9.17) is 4.74 Å². The van der Waals surface area contributed by atoms with Crippen molar-refractivity contribution in [3.63, 3.8) is 0 Å². The van der Waals surface area contributed by atoms with E-state index in [9.17, 15) is 9.90 Å². The van der Waals surface area contributed by atoms with E-state index in [1.54, 1.807) is 12.1 Å². The smallest absolute Gasteiger partial charge is 0.252 e. The summed E-state index contributed by atoms with van der Waals surface area (Å²) < 4.78 is 5.85. The predicted molar refractivity (Wildman–Crippen MR) is 92.4 cm³/mol. The Labute approximate surface area is 141 Å². The van der Waals surface area contributed by atoms with E-state index in [-0.39, 0.29) is 17.3 Å². The number of nitrogens with zero attached hydrogens (tertiary/aromatic N) is 2. The van der Waals surface area contributed by atoms with Crippen molar-refractivity contribution >= 4 is 28.1 Å². The Hall–Kier alpha value is -2.35. The van der Waals surface area contributed by atoms with Crippen LogP contribution in [0, 0.1) is 0 Å². The number of benzene rings is 1. The van der Waals surface area contributed by atoms with Crippen molar-refractivity contribution in [1.29, 1.82) is 0 Å². The third kappa shape index (κ3) is 4.56. The van der Waals surface area contributed by atoms with Gasteiger partial charge < -0.3 is 9.84 Å². The molecule has 3 N–H and O–H groups in total. The fourth-order valence-corrected chi connectivity index (χ4v) is 2.30. The third-order valence-corrected chi connectivity index (χ3v) is 3.50. The summed E-state index contributed by atoms with van der Waals surface area (Å²) in [5.41, 5.74) is 3.83. The van der Waals surface area contributed by atoms with Crippen LogP contribution in [-0.4, -0.2) is 27.9 Å². The van der Waals surface area contributed by atoms with Crippen molar-refractivity contribution in [3.8, 4) is 11.5 Å². The number of H-pyrrole nitrogens is 1. The van der Waals surface area contributed by atoms with Gasteiger partial charge >= 0.3 is 0 Å². The molecule has 0 spiro atoms. The van der Waals surface area contributed by atoms with Gasteiger partial charge in [0, 0.05) is 11.8 Å². The Bertz CT molecular complexity index is 774. The third-order valence-electron chi connectivity index (χ3n) is 2.89. The van der Waals surface area contributed by atoms with Crippen molar-refractivity contribution in [2.24, 2.45) is 5.10 Å². The van der Waals surface area contributed by atoms with E-state index in [0.29, 0.717) is 34.5 Å². The number of aromatic nitrogens is 2.